The van der Waals surface area contributed by atoms with Crippen LogP contribution in [-0.2, 0) is 16.0 Å². The van der Waals surface area contributed by atoms with Crippen LogP contribution in [0.2, 0.25) is 0 Å². The highest BCUT2D eigenvalue weighted by Gasteiger charge is 2.13. The fourth-order valence-electron chi connectivity index (χ4n) is 2.47. The first kappa shape index (κ1) is 22.2. The Hall–Kier alpha value is -1.86. The molecule has 26 heavy (non-hydrogen) atoms. The van der Waals surface area contributed by atoms with E-state index in [-0.39, 0.29) is 6.10 Å². The van der Waals surface area contributed by atoms with Crippen LogP contribution in [0.4, 0.5) is 0 Å². The second-order valence-corrected chi connectivity index (χ2v) is 6.19. The van der Waals surface area contributed by atoms with Crippen molar-refractivity contribution >= 4 is 5.96 Å². The van der Waals surface area contributed by atoms with Crippen molar-refractivity contribution in [2.45, 2.75) is 39.8 Å². The number of nitrogens with one attached hydrogen (secondary N) is 2. The largest absolute Gasteiger partial charge is 0.475 e. The quantitative estimate of drug-likeness (QED) is 0.336. The van der Waals surface area contributed by atoms with E-state index in [1.165, 1.54) is 0 Å². The van der Waals surface area contributed by atoms with Crippen LogP contribution in [-0.4, -0.2) is 57.6 Å². The highest BCUT2D eigenvalue weighted by atomic mass is 16.5. The van der Waals surface area contributed by atoms with Gasteiger partial charge in [-0.1, -0.05) is 19.9 Å². The summed E-state index contributed by atoms with van der Waals surface area (Å²) in [6.07, 6.45) is 2.91. The second kappa shape index (κ2) is 13.4. The van der Waals surface area contributed by atoms with Crippen LogP contribution in [0, 0.1) is 5.92 Å². The normalized spacial score (nSPS) is 12.9. The topological polar surface area (TPSA) is 77.0 Å². The van der Waals surface area contributed by atoms with Gasteiger partial charge in [-0.15, -0.1) is 0 Å². The van der Waals surface area contributed by atoms with Gasteiger partial charge in [-0.25, -0.2) is 4.98 Å². The van der Waals surface area contributed by atoms with E-state index in [1.54, 1.807) is 20.4 Å². The third-order valence-electron chi connectivity index (χ3n) is 3.89. The molecule has 1 atom stereocenters. The number of methoxy groups -OCH3 is 1. The Morgan fingerprint density at radius 3 is 2.73 bits per heavy atom. The molecule has 0 radical (unpaired) electrons. The Kier molecular flexibility index (Phi) is 11.4. The number of pyridine rings is 1. The van der Waals surface area contributed by atoms with Crippen molar-refractivity contribution in [1.29, 1.82) is 0 Å². The van der Waals surface area contributed by atoms with Crippen LogP contribution < -0.4 is 15.4 Å². The monoisotopic (exact) mass is 366 g/mol. The zero-order valence-corrected chi connectivity index (χ0v) is 16.7. The molecular weight excluding hydrogens is 332 g/mol. The van der Waals surface area contributed by atoms with Gasteiger partial charge in [0, 0.05) is 45.6 Å². The molecular formula is C19H34N4O3. The number of hydrogen-bond acceptors (Lipinski definition) is 5. The molecule has 7 heteroatoms. The Morgan fingerprint density at radius 1 is 1.27 bits per heavy atom. The minimum absolute atomic E-state index is 0.254. The minimum atomic E-state index is 0.254. The second-order valence-electron chi connectivity index (χ2n) is 6.19. The summed E-state index contributed by atoms with van der Waals surface area (Å²) in [5, 5.41) is 6.63. The number of rotatable bonds is 12. The average molecular weight is 367 g/mol. The van der Waals surface area contributed by atoms with Gasteiger partial charge in [0.15, 0.2) is 5.96 Å². The highest BCUT2D eigenvalue weighted by Crippen LogP contribution is 2.14. The first-order chi connectivity index (χ1) is 12.6. The van der Waals surface area contributed by atoms with E-state index in [4.69, 9.17) is 14.2 Å². The van der Waals surface area contributed by atoms with Crippen LogP contribution >= 0.6 is 0 Å². The van der Waals surface area contributed by atoms with E-state index in [1.807, 2.05) is 19.1 Å². The first-order valence-electron chi connectivity index (χ1n) is 9.24. The van der Waals surface area contributed by atoms with E-state index < -0.39 is 0 Å². The summed E-state index contributed by atoms with van der Waals surface area (Å²) in [6.45, 7) is 9.51. The van der Waals surface area contributed by atoms with Gasteiger partial charge in [0.25, 0.3) is 0 Å². The zero-order chi connectivity index (χ0) is 19.2. The van der Waals surface area contributed by atoms with Gasteiger partial charge in [-0.05, 0) is 25.3 Å². The van der Waals surface area contributed by atoms with Gasteiger partial charge in [0.2, 0.25) is 5.88 Å². The Bertz CT molecular complexity index is 523. The Labute approximate surface area is 157 Å². The van der Waals surface area contributed by atoms with Crippen molar-refractivity contribution in [3.05, 3.63) is 23.9 Å². The first-order valence-corrected chi connectivity index (χ1v) is 9.24. The van der Waals surface area contributed by atoms with Crippen LogP contribution in [0.25, 0.3) is 0 Å². The maximum Gasteiger partial charge on any atom is 0.218 e. The molecule has 0 aromatic carbocycles. The molecule has 0 amide bonds. The zero-order valence-electron chi connectivity index (χ0n) is 16.7. The summed E-state index contributed by atoms with van der Waals surface area (Å²) in [7, 11) is 3.41. The van der Waals surface area contributed by atoms with Gasteiger partial charge in [-0.2, -0.15) is 0 Å². The van der Waals surface area contributed by atoms with Crippen molar-refractivity contribution in [2.24, 2.45) is 10.9 Å². The molecule has 0 saturated carbocycles. The van der Waals surface area contributed by atoms with E-state index in [0.717, 1.165) is 31.1 Å². The van der Waals surface area contributed by atoms with Gasteiger partial charge in [0.05, 0.1) is 12.7 Å². The molecule has 7 nitrogen and oxygen atoms in total. The van der Waals surface area contributed by atoms with E-state index >= 15 is 0 Å². The lowest BCUT2D eigenvalue weighted by Crippen LogP contribution is -2.39. The number of aliphatic imine (C=N–C) groups is 1. The van der Waals surface area contributed by atoms with Crippen molar-refractivity contribution < 1.29 is 14.2 Å². The smallest absolute Gasteiger partial charge is 0.218 e. The van der Waals surface area contributed by atoms with Crippen LogP contribution in [0.1, 0.15) is 32.8 Å². The summed E-state index contributed by atoms with van der Waals surface area (Å²) in [4.78, 5) is 8.55. The third kappa shape index (κ3) is 8.49. The molecule has 0 bridgehead atoms. The number of ether oxygens (including phenoxy) is 3. The molecule has 148 valence electrons. The lowest BCUT2D eigenvalue weighted by molar-refractivity contribution is 0.0258. The molecule has 0 aliphatic carbocycles. The van der Waals surface area contributed by atoms with Crippen LogP contribution in [0.3, 0.4) is 0 Å². The lowest BCUT2D eigenvalue weighted by Gasteiger charge is -2.21. The molecule has 2 N–H and O–H groups in total. The molecule has 1 heterocycles. The molecule has 1 rings (SSSR count). The lowest BCUT2D eigenvalue weighted by atomic mass is 10.0. The fourth-order valence-corrected chi connectivity index (χ4v) is 2.47. The van der Waals surface area contributed by atoms with E-state index in [2.05, 4.69) is 34.5 Å². The Balaban J connectivity index is 2.47. The van der Waals surface area contributed by atoms with Gasteiger partial charge >= 0.3 is 0 Å². The van der Waals surface area contributed by atoms with Crippen molar-refractivity contribution in [1.82, 2.24) is 15.6 Å². The standard InChI is InChI=1S/C19H34N4O3/c1-6-25-17(15(2)3)9-11-22-19(20-4)23-14-16-8-7-10-21-18(16)26-13-12-24-5/h7-8,10,15,17H,6,9,11-14H2,1-5H3,(H2,20,22,23). The van der Waals surface area contributed by atoms with E-state index in [9.17, 15) is 0 Å². The predicted molar refractivity (Wildman–Crippen MR) is 105 cm³/mol. The third-order valence-corrected chi connectivity index (χ3v) is 3.89. The van der Waals surface area contributed by atoms with Gasteiger partial charge in [0.1, 0.15) is 6.61 Å². The molecule has 1 aromatic rings. The Morgan fingerprint density at radius 2 is 2.08 bits per heavy atom. The average Bonchev–Trinajstić information content (AvgIpc) is 2.64. The van der Waals surface area contributed by atoms with Gasteiger partial charge < -0.3 is 24.8 Å². The van der Waals surface area contributed by atoms with Crippen molar-refractivity contribution in [2.75, 3.05) is 40.5 Å². The van der Waals surface area contributed by atoms with E-state index in [0.29, 0.717) is 31.6 Å². The summed E-state index contributed by atoms with van der Waals surface area (Å²) in [5.41, 5.74) is 0.973. The predicted octanol–water partition coefficient (Wildman–Crippen LogP) is 2.22. The number of aromatic nitrogens is 1. The maximum atomic E-state index is 5.78. The summed E-state index contributed by atoms with van der Waals surface area (Å²) in [6, 6.07) is 3.88. The van der Waals surface area contributed by atoms with Crippen LogP contribution in [0.5, 0.6) is 5.88 Å². The van der Waals surface area contributed by atoms with Crippen LogP contribution in [0.15, 0.2) is 23.3 Å². The molecule has 1 unspecified atom stereocenters. The van der Waals surface area contributed by atoms with Crippen molar-refractivity contribution in [3.63, 3.8) is 0 Å². The SMILES string of the molecule is CCOC(CCNC(=NC)NCc1cccnc1OCCOC)C(C)C. The minimum Gasteiger partial charge on any atom is -0.475 e. The number of hydrogen-bond donors (Lipinski definition) is 2. The molecule has 0 fully saturated rings. The molecule has 1 aromatic heterocycles. The fraction of sp³-hybridized carbons (Fsp3) is 0.684. The summed E-state index contributed by atoms with van der Waals surface area (Å²) < 4.78 is 16.4. The van der Waals surface area contributed by atoms with Gasteiger partial charge in [-0.3, -0.25) is 4.99 Å². The molecule has 0 aliphatic heterocycles. The number of guanidine groups is 1. The summed E-state index contributed by atoms with van der Waals surface area (Å²) in [5.74, 6) is 1.85. The summed E-state index contributed by atoms with van der Waals surface area (Å²) >= 11 is 0. The molecule has 0 saturated heterocycles. The van der Waals surface area contributed by atoms with Crippen molar-refractivity contribution in [3.8, 4) is 5.88 Å². The maximum absolute atomic E-state index is 5.78. The molecule has 0 spiro atoms. The molecule has 0 aliphatic rings. The number of nitrogens with zero attached hydrogens (tertiary/aromatic N) is 2. The highest BCUT2D eigenvalue weighted by molar-refractivity contribution is 5.79.